The van der Waals surface area contributed by atoms with Gasteiger partial charge >= 0.3 is 0 Å². The maximum absolute atomic E-state index is 11.4. The average molecular weight is 361 g/mol. The lowest BCUT2D eigenvalue weighted by atomic mass is 9.92. The fraction of sp³-hybridized carbons (Fsp3) is 0.455. The summed E-state index contributed by atoms with van der Waals surface area (Å²) in [5.41, 5.74) is 8.52. The second-order valence-electron chi connectivity index (χ2n) is 7.47. The Morgan fingerprint density at radius 1 is 0.680 bits per heavy atom. The lowest BCUT2D eigenvalue weighted by Gasteiger charge is -2.14. The van der Waals surface area contributed by atoms with E-state index in [-0.39, 0.29) is 0 Å². The molecule has 0 heterocycles. The average Bonchev–Trinajstić information content (AvgIpc) is 2.33. The van der Waals surface area contributed by atoms with Crippen LogP contribution in [-0.2, 0) is 9.84 Å². The molecule has 0 aromatic heterocycles. The molecule has 0 spiro atoms. The molecule has 2 aromatic rings. The zero-order chi connectivity index (χ0) is 19.5. The van der Waals surface area contributed by atoms with E-state index in [1.807, 2.05) is 32.9 Å². The Morgan fingerprint density at radius 3 is 1.28 bits per heavy atom. The predicted molar refractivity (Wildman–Crippen MR) is 109 cm³/mol. The van der Waals surface area contributed by atoms with Crippen molar-refractivity contribution in [3.05, 3.63) is 63.2 Å². The third-order valence-electron chi connectivity index (χ3n) is 4.29. The summed E-state index contributed by atoms with van der Waals surface area (Å²) in [6.07, 6.45) is 1.25. The van der Waals surface area contributed by atoms with E-state index in [4.69, 9.17) is 0 Å². The summed E-state index contributed by atoms with van der Waals surface area (Å²) in [7, 11) is -3.08. The van der Waals surface area contributed by atoms with Crippen LogP contribution in [0.2, 0.25) is 0 Å². The number of sulfone groups is 1. The van der Waals surface area contributed by atoms with Crippen LogP contribution in [0, 0.1) is 41.5 Å². The summed E-state index contributed by atoms with van der Waals surface area (Å²) in [5, 5.41) is 0. The van der Waals surface area contributed by atoms with Gasteiger partial charge in [-0.3, -0.25) is 0 Å². The zero-order valence-corrected chi connectivity index (χ0v) is 17.9. The zero-order valence-electron chi connectivity index (χ0n) is 17.1. The van der Waals surface area contributed by atoms with Gasteiger partial charge in [0.2, 0.25) is 0 Å². The molecule has 0 atom stereocenters. The first kappa shape index (κ1) is 21.4. The Hall–Kier alpha value is -1.61. The molecule has 0 saturated heterocycles. The fourth-order valence-corrected chi connectivity index (χ4v) is 5.14. The molecule has 0 fully saturated rings. The molecule has 0 radical (unpaired) electrons. The van der Waals surface area contributed by atoms with Crippen molar-refractivity contribution < 1.29 is 8.42 Å². The number of hydrogen-bond acceptors (Lipinski definition) is 2. The van der Waals surface area contributed by atoms with Gasteiger partial charge in [0.1, 0.15) is 0 Å². The highest BCUT2D eigenvalue weighted by atomic mass is 32.2. The van der Waals surface area contributed by atoms with E-state index in [0.717, 1.165) is 16.7 Å². The summed E-state index contributed by atoms with van der Waals surface area (Å²) in [6.45, 7) is 16.7. The Bertz CT molecular complexity index is 814. The molecule has 0 unspecified atom stereocenters. The maximum Gasteiger partial charge on any atom is 0.176 e. The van der Waals surface area contributed by atoms with Crippen LogP contribution in [0.4, 0.5) is 0 Å². The number of benzene rings is 2. The fourth-order valence-electron chi connectivity index (χ4n) is 3.85. The van der Waals surface area contributed by atoms with Crippen LogP contribution in [0.15, 0.2) is 29.2 Å². The molecule has 25 heavy (non-hydrogen) atoms. The molecule has 3 heteroatoms. The Balaban J connectivity index is 0.000000251. The molecule has 0 saturated carbocycles. The third kappa shape index (κ3) is 5.71. The highest BCUT2D eigenvalue weighted by Gasteiger charge is 2.13. The second-order valence-corrected chi connectivity index (χ2v) is 9.42. The smallest absolute Gasteiger partial charge is 0.176 e. The van der Waals surface area contributed by atoms with Crippen LogP contribution >= 0.6 is 0 Å². The van der Waals surface area contributed by atoms with E-state index in [1.165, 1.54) is 28.5 Å². The number of rotatable bonds is 2. The maximum atomic E-state index is 11.4. The van der Waals surface area contributed by atoms with E-state index >= 15 is 0 Å². The van der Waals surface area contributed by atoms with E-state index in [2.05, 4.69) is 46.8 Å². The van der Waals surface area contributed by atoms with Crippen molar-refractivity contribution in [1.29, 1.82) is 0 Å². The normalized spacial score (nSPS) is 11.3. The van der Waals surface area contributed by atoms with Gasteiger partial charge in [0.25, 0.3) is 0 Å². The molecule has 2 aromatic carbocycles. The predicted octanol–water partition coefficient (Wildman–Crippen LogP) is 5.75. The van der Waals surface area contributed by atoms with Crippen molar-refractivity contribution in [3.63, 3.8) is 0 Å². The first-order chi connectivity index (χ1) is 11.3. The van der Waals surface area contributed by atoms with E-state index in [9.17, 15) is 8.42 Å². The third-order valence-corrected chi connectivity index (χ3v) is 5.68. The van der Waals surface area contributed by atoms with Crippen LogP contribution in [0.25, 0.3) is 0 Å². The molecule has 0 aliphatic rings. The van der Waals surface area contributed by atoms with Crippen molar-refractivity contribution in [2.45, 2.75) is 66.2 Å². The van der Waals surface area contributed by atoms with Gasteiger partial charge in [-0.1, -0.05) is 49.2 Å². The van der Waals surface area contributed by atoms with E-state index in [1.54, 1.807) is 0 Å². The highest BCUT2D eigenvalue weighted by molar-refractivity contribution is 7.90. The van der Waals surface area contributed by atoms with Crippen LogP contribution in [0.5, 0.6) is 0 Å². The van der Waals surface area contributed by atoms with Gasteiger partial charge in [-0.2, -0.15) is 0 Å². The molecule has 0 bridgehead atoms. The number of hydrogen-bond donors (Lipinski definition) is 0. The van der Waals surface area contributed by atoms with Gasteiger partial charge in [-0.15, -0.1) is 0 Å². The SMILES string of the molecule is Cc1cc(C)c(C(C)C)c(C)c1.Cc1cc(C)c(S(C)(=O)=O)c(C)c1. The molecular formula is C22H32O2S. The summed E-state index contributed by atoms with van der Waals surface area (Å²) in [6, 6.07) is 8.32. The van der Waals surface area contributed by atoms with Crippen molar-refractivity contribution in [3.8, 4) is 0 Å². The highest BCUT2D eigenvalue weighted by Crippen LogP contribution is 2.24. The second kappa shape index (κ2) is 8.18. The Morgan fingerprint density at radius 2 is 1.00 bits per heavy atom. The molecule has 0 amide bonds. The molecular weight excluding hydrogens is 328 g/mol. The van der Waals surface area contributed by atoms with Crippen LogP contribution < -0.4 is 0 Å². The van der Waals surface area contributed by atoms with Gasteiger partial charge in [-0.05, 0) is 75.3 Å². The van der Waals surface area contributed by atoms with Gasteiger partial charge in [0.05, 0.1) is 4.90 Å². The number of aryl methyl sites for hydroxylation is 6. The topological polar surface area (TPSA) is 34.1 Å². The van der Waals surface area contributed by atoms with Gasteiger partial charge in [0, 0.05) is 6.26 Å². The minimum Gasteiger partial charge on any atom is -0.224 e. The molecule has 0 aliphatic heterocycles. The largest absolute Gasteiger partial charge is 0.224 e. The quantitative estimate of drug-likeness (QED) is 0.683. The minimum absolute atomic E-state index is 0.470. The standard InChI is InChI=1S/C12H18.C10H14O2S/c1-8(2)12-10(4)6-9(3)7-11(12)5;1-7-5-8(2)10(9(3)6-7)13(4,11)12/h6-8H,1-5H3;5-6H,1-4H3. The van der Waals surface area contributed by atoms with Crippen molar-refractivity contribution in [2.75, 3.05) is 6.26 Å². The first-order valence-electron chi connectivity index (χ1n) is 8.70. The van der Waals surface area contributed by atoms with Gasteiger partial charge < -0.3 is 0 Å². The van der Waals surface area contributed by atoms with Crippen LogP contribution in [0.1, 0.15) is 58.7 Å². The molecule has 0 N–H and O–H groups in total. The lowest BCUT2D eigenvalue weighted by Crippen LogP contribution is -2.03. The first-order valence-corrected chi connectivity index (χ1v) is 10.6. The Labute approximate surface area is 154 Å². The van der Waals surface area contributed by atoms with Crippen molar-refractivity contribution >= 4 is 9.84 Å². The van der Waals surface area contributed by atoms with E-state index in [0.29, 0.717) is 10.8 Å². The molecule has 2 nitrogen and oxygen atoms in total. The van der Waals surface area contributed by atoms with E-state index < -0.39 is 9.84 Å². The van der Waals surface area contributed by atoms with Crippen molar-refractivity contribution in [1.82, 2.24) is 0 Å². The molecule has 138 valence electrons. The molecule has 0 aliphatic carbocycles. The van der Waals surface area contributed by atoms with Gasteiger partial charge in [-0.25, -0.2) is 8.42 Å². The minimum atomic E-state index is -3.08. The molecule has 2 rings (SSSR count). The monoisotopic (exact) mass is 360 g/mol. The summed E-state index contributed by atoms with van der Waals surface area (Å²) in [5.74, 6) is 0.644. The Kier molecular flexibility index (Phi) is 7.01. The summed E-state index contributed by atoms with van der Waals surface area (Å²) < 4.78 is 22.8. The van der Waals surface area contributed by atoms with Crippen molar-refractivity contribution in [2.24, 2.45) is 0 Å². The van der Waals surface area contributed by atoms with Crippen LogP contribution in [0.3, 0.4) is 0 Å². The summed E-state index contributed by atoms with van der Waals surface area (Å²) >= 11 is 0. The lowest BCUT2D eigenvalue weighted by molar-refractivity contribution is 0.600. The van der Waals surface area contributed by atoms with Gasteiger partial charge in [0.15, 0.2) is 9.84 Å². The summed E-state index contributed by atoms with van der Waals surface area (Å²) in [4.78, 5) is 0.470. The van der Waals surface area contributed by atoms with Crippen LogP contribution in [-0.4, -0.2) is 14.7 Å².